The topological polar surface area (TPSA) is 29.5 Å². The van der Waals surface area contributed by atoms with E-state index in [9.17, 15) is 4.79 Å². The summed E-state index contributed by atoms with van der Waals surface area (Å²) in [4.78, 5) is 12.8. The third-order valence-corrected chi connectivity index (χ3v) is 2.15. The molecule has 1 fully saturated rings. The molecule has 1 atom stereocenters. The van der Waals surface area contributed by atoms with Crippen LogP contribution in [0.25, 0.3) is 0 Å². The fraction of sp³-hybridized carbons (Fsp3) is 0.875. The number of hydrogen-bond acceptors (Lipinski definition) is 2. The van der Waals surface area contributed by atoms with Gasteiger partial charge in [-0.05, 0) is 13.3 Å². The van der Waals surface area contributed by atoms with Crippen LogP contribution in [0.5, 0.6) is 0 Å². The van der Waals surface area contributed by atoms with Crippen molar-refractivity contribution in [3.63, 3.8) is 0 Å². The molecule has 11 heavy (non-hydrogen) atoms. The van der Waals surface area contributed by atoms with Crippen molar-refractivity contribution in [1.82, 2.24) is 4.90 Å². The second-order valence-corrected chi connectivity index (χ2v) is 2.86. The lowest BCUT2D eigenvalue weighted by atomic mass is 10.2. The first kappa shape index (κ1) is 8.53. The van der Waals surface area contributed by atoms with Crippen molar-refractivity contribution in [2.75, 3.05) is 20.3 Å². The monoisotopic (exact) mass is 157 g/mol. The third kappa shape index (κ3) is 1.93. The Morgan fingerprint density at radius 3 is 2.91 bits per heavy atom. The number of hydrogen-bond donors (Lipinski definition) is 0. The number of nitrogens with zero attached hydrogens (tertiary/aromatic N) is 1. The Balaban J connectivity index is 2.30. The first-order chi connectivity index (χ1) is 5.25. The van der Waals surface area contributed by atoms with Crippen molar-refractivity contribution in [3.8, 4) is 0 Å². The third-order valence-electron chi connectivity index (χ3n) is 2.15. The molecule has 0 radical (unpaired) electrons. The standard InChI is InChI=1S/C8H15NO2/c1-3-11-6-7-4-5-8(10)9(7)2/h7H,3-6H2,1-2H3. The zero-order valence-corrected chi connectivity index (χ0v) is 7.17. The van der Waals surface area contributed by atoms with Crippen molar-refractivity contribution >= 4 is 5.91 Å². The van der Waals surface area contributed by atoms with Crippen LogP contribution in [0.4, 0.5) is 0 Å². The smallest absolute Gasteiger partial charge is 0.222 e. The number of ether oxygens (including phenoxy) is 1. The van der Waals surface area contributed by atoms with E-state index in [0.717, 1.165) is 13.0 Å². The summed E-state index contributed by atoms with van der Waals surface area (Å²) in [5, 5.41) is 0. The van der Waals surface area contributed by atoms with Gasteiger partial charge in [0.05, 0.1) is 12.6 Å². The van der Waals surface area contributed by atoms with Gasteiger partial charge in [-0.2, -0.15) is 0 Å². The predicted molar refractivity (Wildman–Crippen MR) is 42.3 cm³/mol. The second-order valence-electron chi connectivity index (χ2n) is 2.86. The molecule has 1 aliphatic heterocycles. The molecule has 1 rings (SSSR count). The van der Waals surface area contributed by atoms with Gasteiger partial charge in [0.15, 0.2) is 0 Å². The Bertz CT molecular complexity index is 147. The van der Waals surface area contributed by atoms with Crippen molar-refractivity contribution in [2.45, 2.75) is 25.8 Å². The Morgan fingerprint density at radius 2 is 2.45 bits per heavy atom. The Labute approximate surface area is 67.3 Å². The van der Waals surface area contributed by atoms with Crippen LogP contribution in [0.3, 0.4) is 0 Å². The molecule has 0 saturated carbocycles. The molecule has 0 aromatic heterocycles. The average Bonchev–Trinajstić information content (AvgIpc) is 2.31. The van der Waals surface area contributed by atoms with Gasteiger partial charge < -0.3 is 9.64 Å². The Morgan fingerprint density at radius 1 is 1.73 bits per heavy atom. The molecule has 1 aliphatic rings. The Kier molecular flexibility index (Phi) is 2.88. The highest BCUT2D eigenvalue weighted by molar-refractivity contribution is 5.78. The van der Waals surface area contributed by atoms with E-state index < -0.39 is 0 Å². The van der Waals surface area contributed by atoms with Crippen LogP contribution in [0.1, 0.15) is 19.8 Å². The molecule has 0 N–H and O–H groups in total. The minimum Gasteiger partial charge on any atom is -0.380 e. The molecule has 0 spiro atoms. The molecule has 3 nitrogen and oxygen atoms in total. The molecule has 64 valence electrons. The number of carbonyl (C=O) groups is 1. The van der Waals surface area contributed by atoms with E-state index in [-0.39, 0.29) is 5.91 Å². The summed E-state index contributed by atoms with van der Waals surface area (Å²) in [7, 11) is 1.85. The number of carbonyl (C=O) groups excluding carboxylic acids is 1. The summed E-state index contributed by atoms with van der Waals surface area (Å²) >= 11 is 0. The zero-order valence-electron chi connectivity index (χ0n) is 7.17. The molecule has 1 saturated heterocycles. The summed E-state index contributed by atoms with van der Waals surface area (Å²) < 4.78 is 5.24. The summed E-state index contributed by atoms with van der Waals surface area (Å²) in [6, 6.07) is 0.322. The van der Waals surface area contributed by atoms with Gasteiger partial charge in [-0.25, -0.2) is 0 Å². The molecular formula is C8H15NO2. The average molecular weight is 157 g/mol. The molecule has 3 heteroatoms. The number of likely N-dealkylation sites (N-methyl/N-ethyl adjacent to an activating group) is 1. The maximum Gasteiger partial charge on any atom is 0.222 e. The molecule has 0 bridgehead atoms. The van der Waals surface area contributed by atoms with Crippen molar-refractivity contribution in [3.05, 3.63) is 0 Å². The molecule has 1 amide bonds. The lowest BCUT2D eigenvalue weighted by Crippen LogP contribution is -2.32. The Hall–Kier alpha value is -0.570. The molecule has 1 unspecified atom stereocenters. The highest BCUT2D eigenvalue weighted by Crippen LogP contribution is 2.16. The van der Waals surface area contributed by atoms with Crippen LogP contribution in [-0.2, 0) is 9.53 Å². The summed E-state index contributed by atoms with van der Waals surface area (Å²) in [6.07, 6.45) is 1.64. The first-order valence-corrected chi connectivity index (χ1v) is 4.09. The van der Waals surface area contributed by atoms with Crippen LogP contribution in [-0.4, -0.2) is 37.1 Å². The highest BCUT2D eigenvalue weighted by atomic mass is 16.5. The van der Waals surface area contributed by atoms with Crippen molar-refractivity contribution < 1.29 is 9.53 Å². The van der Waals surface area contributed by atoms with Crippen molar-refractivity contribution in [1.29, 1.82) is 0 Å². The molecule has 0 aliphatic carbocycles. The van der Waals surface area contributed by atoms with Crippen LogP contribution in [0.2, 0.25) is 0 Å². The normalized spacial score (nSPS) is 24.7. The van der Waals surface area contributed by atoms with Gasteiger partial charge in [0.25, 0.3) is 0 Å². The van der Waals surface area contributed by atoms with E-state index in [1.54, 1.807) is 4.90 Å². The zero-order chi connectivity index (χ0) is 8.27. The van der Waals surface area contributed by atoms with Gasteiger partial charge in [-0.3, -0.25) is 4.79 Å². The highest BCUT2D eigenvalue weighted by Gasteiger charge is 2.27. The maximum absolute atomic E-state index is 11.0. The SMILES string of the molecule is CCOCC1CCC(=O)N1C. The molecule has 1 heterocycles. The van der Waals surface area contributed by atoms with E-state index in [1.807, 2.05) is 14.0 Å². The van der Waals surface area contributed by atoms with Gasteiger partial charge in [-0.15, -0.1) is 0 Å². The van der Waals surface area contributed by atoms with Crippen LogP contribution < -0.4 is 0 Å². The van der Waals surface area contributed by atoms with Gasteiger partial charge in [0, 0.05) is 20.1 Å². The van der Waals surface area contributed by atoms with E-state index in [0.29, 0.717) is 19.1 Å². The molecular weight excluding hydrogens is 142 g/mol. The number of rotatable bonds is 3. The summed E-state index contributed by atoms with van der Waals surface area (Å²) in [5.74, 6) is 0.245. The van der Waals surface area contributed by atoms with E-state index in [4.69, 9.17) is 4.74 Å². The lowest BCUT2D eigenvalue weighted by molar-refractivity contribution is -0.128. The second kappa shape index (κ2) is 3.72. The quantitative estimate of drug-likeness (QED) is 0.601. The minimum absolute atomic E-state index is 0.245. The maximum atomic E-state index is 11.0. The number of amides is 1. The molecule has 0 aromatic carbocycles. The summed E-state index contributed by atoms with van der Waals surface area (Å²) in [6.45, 7) is 3.40. The van der Waals surface area contributed by atoms with Crippen LogP contribution in [0.15, 0.2) is 0 Å². The van der Waals surface area contributed by atoms with Crippen LogP contribution in [0, 0.1) is 0 Å². The van der Waals surface area contributed by atoms with E-state index in [1.165, 1.54) is 0 Å². The molecule has 0 aromatic rings. The van der Waals surface area contributed by atoms with Gasteiger partial charge in [-0.1, -0.05) is 0 Å². The fourth-order valence-corrected chi connectivity index (χ4v) is 1.31. The van der Waals surface area contributed by atoms with Gasteiger partial charge in [0.2, 0.25) is 5.91 Å². The van der Waals surface area contributed by atoms with E-state index >= 15 is 0 Å². The lowest BCUT2D eigenvalue weighted by Gasteiger charge is -2.18. The number of likely N-dealkylation sites (tertiary alicyclic amines) is 1. The minimum atomic E-state index is 0.245. The summed E-state index contributed by atoms with van der Waals surface area (Å²) in [5.41, 5.74) is 0. The fourth-order valence-electron chi connectivity index (χ4n) is 1.31. The van der Waals surface area contributed by atoms with Crippen LogP contribution >= 0.6 is 0 Å². The van der Waals surface area contributed by atoms with Crippen molar-refractivity contribution in [2.24, 2.45) is 0 Å². The largest absolute Gasteiger partial charge is 0.380 e. The van der Waals surface area contributed by atoms with Gasteiger partial charge >= 0.3 is 0 Å². The first-order valence-electron chi connectivity index (χ1n) is 4.09. The van der Waals surface area contributed by atoms with Gasteiger partial charge in [0.1, 0.15) is 0 Å². The predicted octanol–water partition coefficient (Wildman–Crippen LogP) is 0.644. The van der Waals surface area contributed by atoms with E-state index in [2.05, 4.69) is 0 Å².